The van der Waals surface area contributed by atoms with Crippen LogP contribution in [0, 0.1) is 11.3 Å². The normalized spacial score (nSPS) is 11.5. The van der Waals surface area contributed by atoms with Crippen LogP contribution >= 0.6 is 11.6 Å². The van der Waals surface area contributed by atoms with E-state index in [1.807, 2.05) is 25.1 Å². The smallest absolute Gasteiger partial charge is 0.180 e. The van der Waals surface area contributed by atoms with Crippen LogP contribution in [-0.2, 0) is 0 Å². The number of methoxy groups -OCH3 is 1. The molecular weight excluding hydrogens is 276 g/mol. The van der Waals surface area contributed by atoms with E-state index in [0.29, 0.717) is 22.1 Å². The van der Waals surface area contributed by atoms with Crippen LogP contribution in [-0.4, -0.2) is 12.1 Å². The average Bonchev–Trinajstić information content (AvgIpc) is 2.49. The third-order valence-electron chi connectivity index (χ3n) is 2.81. The molecule has 0 fully saturated rings. The summed E-state index contributed by atoms with van der Waals surface area (Å²) in [5.41, 5.74) is 1.35. The fourth-order valence-corrected chi connectivity index (χ4v) is 2.02. The molecule has 1 unspecified atom stereocenters. The van der Waals surface area contributed by atoms with Crippen molar-refractivity contribution in [2.24, 2.45) is 0 Å². The van der Waals surface area contributed by atoms with E-state index < -0.39 is 0 Å². The fourth-order valence-electron chi connectivity index (χ4n) is 1.76. The number of halogens is 1. The molecule has 0 N–H and O–H groups in total. The number of hydrogen-bond donors (Lipinski definition) is 0. The van der Waals surface area contributed by atoms with Crippen molar-refractivity contribution in [2.75, 3.05) is 7.11 Å². The van der Waals surface area contributed by atoms with Crippen LogP contribution in [0.3, 0.4) is 0 Å². The Morgan fingerprint density at radius 2 is 2.20 bits per heavy atom. The average molecular weight is 289 g/mol. The highest BCUT2D eigenvalue weighted by Crippen LogP contribution is 2.38. The Morgan fingerprint density at radius 1 is 1.40 bits per heavy atom. The van der Waals surface area contributed by atoms with E-state index >= 15 is 0 Å². The maximum atomic E-state index is 8.92. The van der Waals surface area contributed by atoms with Gasteiger partial charge in [-0.1, -0.05) is 17.7 Å². The third-order valence-corrected chi connectivity index (χ3v) is 3.09. The number of nitriles is 1. The highest BCUT2D eigenvalue weighted by molar-refractivity contribution is 6.32. The van der Waals surface area contributed by atoms with Gasteiger partial charge in [-0.15, -0.1) is 0 Å². The van der Waals surface area contributed by atoms with Gasteiger partial charge in [0, 0.05) is 24.0 Å². The van der Waals surface area contributed by atoms with Crippen molar-refractivity contribution in [3.8, 4) is 17.6 Å². The number of nitrogens with zero attached hydrogens (tertiary/aromatic N) is 2. The third kappa shape index (κ3) is 3.01. The minimum absolute atomic E-state index is 0.233. The maximum absolute atomic E-state index is 8.92. The van der Waals surface area contributed by atoms with Gasteiger partial charge in [0.05, 0.1) is 23.8 Å². The predicted molar refractivity (Wildman–Crippen MR) is 76.0 cm³/mol. The zero-order chi connectivity index (χ0) is 14.5. The van der Waals surface area contributed by atoms with Gasteiger partial charge in [0.1, 0.15) is 6.10 Å². The van der Waals surface area contributed by atoms with Gasteiger partial charge < -0.3 is 9.47 Å². The van der Waals surface area contributed by atoms with Crippen LogP contribution in [0.5, 0.6) is 11.5 Å². The monoisotopic (exact) mass is 288 g/mol. The van der Waals surface area contributed by atoms with Gasteiger partial charge in [-0.25, -0.2) is 0 Å². The summed E-state index contributed by atoms with van der Waals surface area (Å²) < 4.78 is 11.1. The SMILES string of the molecule is COc1cc(C#N)cc(Cl)c1OC(C)c1cccnc1. The molecule has 1 atom stereocenters. The molecule has 0 aliphatic heterocycles. The Labute approximate surface area is 122 Å². The summed E-state index contributed by atoms with van der Waals surface area (Å²) in [7, 11) is 1.51. The summed E-state index contributed by atoms with van der Waals surface area (Å²) in [4.78, 5) is 4.05. The Kier molecular flexibility index (Phi) is 4.44. The summed E-state index contributed by atoms with van der Waals surface area (Å²) in [6.45, 7) is 1.89. The van der Waals surface area contributed by atoms with Crippen LogP contribution < -0.4 is 9.47 Å². The lowest BCUT2D eigenvalue weighted by Crippen LogP contribution is -2.05. The molecule has 5 heteroatoms. The van der Waals surface area contributed by atoms with Crippen LogP contribution in [0.1, 0.15) is 24.2 Å². The molecule has 102 valence electrons. The van der Waals surface area contributed by atoms with E-state index in [-0.39, 0.29) is 6.10 Å². The van der Waals surface area contributed by atoms with Crippen molar-refractivity contribution in [1.29, 1.82) is 5.26 Å². The first-order chi connectivity index (χ1) is 9.65. The largest absolute Gasteiger partial charge is 0.493 e. The quantitative estimate of drug-likeness (QED) is 0.859. The van der Waals surface area contributed by atoms with Crippen LogP contribution in [0.4, 0.5) is 0 Å². The summed E-state index contributed by atoms with van der Waals surface area (Å²) in [5.74, 6) is 0.856. The van der Waals surface area contributed by atoms with Crippen molar-refractivity contribution in [1.82, 2.24) is 4.98 Å². The molecule has 2 aromatic rings. The number of ether oxygens (including phenoxy) is 2. The molecule has 0 spiro atoms. The lowest BCUT2D eigenvalue weighted by Gasteiger charge is -2.18. The number of rotatable bonds is 4. The molecule has 1 aromatic carbocycles. The van der Waals surface area contributed by atoms with E-state index in [4.69, 9.17) is 26.3 Å². The number of pyridine rings is 1. The fraction of sp³-hybridized carbons (Fsp3) is 0.200. The minimum atomic E-state index is -0.233. The highest BCUT2D eigenvalue weighted by Gasteiger charge is 2.16. The Balaban J connectivity index is 2.32. The second-order valence-corrected chi connectivity index (χ2v) is 4.55. The summed E-state index contributed by atoms with van der Waals surface area (Å²) in [6.07, 6.45) is 3.20. The summed E-state index contributed by atoms with van der Waals surface area (Å²) in [5, 5.41) is 9.26. The van der Waals surface area contributed by atoms with Crippen molar-refractivity contribution in [3.05, 3.63) is 52.8 Å². The zero-order valence-electron chi connectivity index (χ0n) is 11.1. The molecule has 0 amide bonds. The number of aromatic nitrogens is 1. The lowest BCUT2D eigenvalue weighted by molar-refractivity contribution is 0.215. The second-order valence-electron chi connectivity index (χ2n) is 4.15. The number of benzene rings is 1. The molecule has 0 radical (unpaired) electrons. The topological polar surface area (TPSA) is 55.1 Å². The van der Waals surface area contributed by atoms with Gasteiger partial charge >= 0.3 is 0 Å². The van der Waals surface area contributed by atoms with E-state index in [2.05, 4.69) is 4.98 Å². The van der Waals surface area contributed by atoms with Crippen LogP contribution in [0.15, 0.2) is 36.7 Å². The van der Waals surface area contributed by atoms with Crippen molar-refractivity contribution >= 4 is 11.6 Å². The van der Waals surface area contributed by atoms with Gasteiger partial charge in [-0.3, -0.25) is 4.98 Å². The van der Waals surface area contributed by atoms with Crippen molar-refractivity contribution < 1.29 is 9.47 Å². The Bertz CT molecular complexity index is 638. The molecule has 0 bridgehead atoms. The van der Waals surface area contributed by atoms with E-state index in [1.165, 1.54) is 7.11 Å². The van der Waals surface area contributed by atoms with E-state index in [9.17, 15) is 0 Å². The first-order valence-corrected chi connectivity index (χ1v) is 6.37. The zero-order valence-corrected chi connectivity index (χ0v) is 11.9. The van der Waals surface area contributed by atoms with Gasteiger partial charge in [-0.2, -0.15) is 5.26 Å². The van der Waals surface area contributed by atoms with Crippen LogP contribution in [0.2, 0.25) is 5.02 Å². The molecule has 1 heterocycles. The maximum Gasteiger partial charge on any atom is 0.180 e. The second kappa shape index (κ2) is 6.27. The van der Waals surface area contributed by atoms with Gasteiger partial charge in [0.25, 0.3) is 0 Å². The van der Waals surface area contributed by atoms with Crippen molar-refractivity contribution in [3.63, 3.8) is 0 Å². The molecule has 1 aromatic heterocycles. The summed E-state index contributed by atoms with van der Waals surface area (Å²) >= 11 is 6.15. The molecule has 20 heavy (non-hydrogen) atoms. The molecular formula is C15H13ClN2O2. The predicted octanol–water partition coefficient (Wildman–Crippen LogP) is 3.76. The molecule has 0 aliphatic rings. The molecule has 2 rings (SSSR count). The van der Waals surface area contributed by atoms with E-state index in [0.717, 1.165) is 5.56 Å². The molecule has 4 nitrogen and oxygen atoms in total. The minimum Gasteiger partial charge on any atom is -0.493 e. The van der Waals surface area contributed by atoms with Gasteiger partial charge in [0.2, 0.25) is 0 Å². The molecule has 0 saturated heterocycles. The Hall–Kier alpha value is -2.25. The first kappa shape index (κ1) is 14.2. The Morgan fingerprint density at radius 3 is 2.80 bits per heavy atom. The molecule has 0 saturated carbocycles. The van der Waals surface area contributed by atoms with Gasteiger partial charge in [0.15, 0.2) is 11.5 Å². The molecule has 0 aliphatic carbocycles. The van der Waals surface area contributed by atoms with Crippen molar-refractivity contribution in [2.45, 2.75) is 13.0 Å². The lowest BCUT2D eigenvalue weighted by atomic mass is 10.2. The standard InChI is InChI=1S/C15H13ClN2O2/c1-10(12-4-3-5-18-9-12)20-15-13(16)6-11(8-17)7-14(15)19-2/h3-7,9-10H,1-2H3. The van der Waals surface area contributed by atoms with Gasteiger partial charge in [-0.05, 0) is 19.1 Å². The first-order valence-electron chi connectivity index (χ1n) is 6.00. The van der Waals surface area contributed by atoms with Crippen LogP contribution in [0.25, 0.3) is 0 Å². The number of hydrogen-bond acceptors (Lipinski definition) is 4. The summed E-state index contributed by atoms with van der Waals surface area (Å²) in [6, 6.07) is 8.93. The highest BCUT2D eigenvalue weighted by atomic mass is 35.5. The van der Waals surface area contributed by atoms with E-state index in [1.54, 1.807) is 24.5 Å².